The van der Waals surface area contributed by atoms with Gasteiger partial charge in [-0.25, -0.2) is 4.98 Å². The van der Waals surface area contributed by atoms with Gasteiger partial charge in [0.1, 0.15) is 5.82 Å². The molecule has 0 N–H and O–H groups in total. The molecule has 0 spiro atoms. The van der Waals surface area contributed by atoms with Crippen molar-refractivity contribution in [2.24, 2.45) is 5.92 Å². The molecule has 94 valence electrons. The minimum atomic E-state index is 0.523. The first-order chi connectivity index (χ1) is 8.24. The summed E-state index contributed by atoms with van der Waals surface area (Å²) in [6, 6.07) is 2.07. The lowest BCUT2D eigenvalue weighted by Crippen LogP contribution is -2.34. The molecule has 17 heavy (non-hydrogen) atoms. The minimum Gasteiger partial charge on any atom is -0.356 e. The molecule has 4 heteroatoms. The number of hydrogen-bond donors (Lipinski definition) is 0. The van der Waals surface area contributed by atoms with E-state index in [1.54, 1.807) is 0 Å². The fraction of sp³-hybridized carbons (Fsp3) is 0.615. The number of piperidine rings is 1. The van der Waals surface area contributed by atoms with E-state index in [-0.39, 0.29) is 0 Å². The Bertz CT molecular complexity index is 376. The van der Waals surface area contributed by atoms with Gasteiger partial charge in [0.15, 0.2) is 0 Å². The van der Waals surface area contributed by atoms with Crippen LogP contribution in [0.4, 0.5) is 5.82 Å². The van der Waals surface area contributed by atoms with Gasteiger partial charge in [0.25, 0.3) is 0 Å². The third-order valence-corrected chi connectivity index (χ3v) is 4.27. The Labute approximate surface area is 116 Å². The number of pyridine rings is 1. The van der Waals surface area contributed by atoms with Crippen LogP contribution in [0.5, 0.6) is 0 Å². The van der Waals surface area contributed by atoms with Crippen LogP contribution in [0.2, 0.25) is 0 Å². The van der Waals surface area contributed by atoms with Crippen LogP contribution in [0.1, 0.15) is 31.7 Å². The van der Waals surface area contributed by atoms with Crippen molar-refractivity contribution in [1.29, 1.82) is 0 Å². The summed E-state index contributed by atoms with van der Waals surface area (Å²) in [5.74, 6) is 2.48. The maximum atomic E-state index is 5.99. The van der Waals surface area contributed by atoms with Crippen molar-refractivity contribution in [2.75, 3.05) is 18.0 Å². The van der Waals surface area contributed by atoms with E-state index < -0.39 is 0 Å². The lowest BCUT2D eigenvalue weighted by atomic mass is 9.94. The van der Waals surface area contributed by atoms with Gasteiger partial charge in [0.2, 0.25) is 0 Å². The first-order valence-electron chi connectivity index (χ1n) is 6.20. The van der Waals surface area contributed by atoms with Crippen molar-refractivity contribution in [3.05, 3.63) is 22.3 Å². The van der Waals surface area contributed by atoms with Crippen molar-refractivity contribution in [1.82, 2.24) is 4.98 Å². The molecular weight excluding hydrogens is 300 g/mol. The SMILES string of the molecule is CCC1CCN(c2ncc(Br)cc2CCl)CC1. The van der Waals surface area contributed by atoms with Crippen molar-refractivity contribution in [2.45, 2.75) is 32.1 Å². The molecule has 1 aliphatic heterocycles. The van der Waals surface area contributed by atoms with Gasteiger partial charge < -0.3 is 4.90 Å². The fourth-order valence-corrected chi connectivity index (χ4v) is 2.99. The van der Waals surface area contributed by atoms with Crippen LogP contribution in [0.15, 0.2) is 16.7 Å². The Kier molecular flexibility index (Phi) is 4.69. The second-order valence-electron chi connectivity index (χ2n) is 4.61. The predicted molar refractivity (Wildman–Crippen MR) is 76.7 cm³/mol. The Morgan fingerprint density at radius 2 is 2.18 bits per heavy atom. The zero-order chi connectivity index (χ0) is 12.3. The first kappa shape index (κ1) is 13.2. The summed E-state index contributed by atoms with van der Waals surface area (Å²) >= 11 is 9.43. The Hall–Kier alpha value is -0.280. The van der Waals surface area contributed by atoms with E-state index in [0.29, 0.717) is 5.88 Å². The van der Waals surface area contributed by atoms with E-state index in [1.165, 1.54) is 19.3 Å². The van der Waals surface area contributed by atoms with Crippen LogP contribution < -0.4 is 4.90 Å². The topological polar surface area (TPSA) is 16.1 Å². The number of alkyl halides is 1. The fourth-order valence-electron chi connectivity index (χ4n) is 2.41. The molecule has 0 radical (unpaired) electrons. The highest BCUT2D eigenvalue weighted by molar-refractivity contribution is 9.10. The number of aromatic nitrogens is 1. The highest BCUT2D eigenvalue weighted by atomic mass is 79.9. The highest BCUT2D eigenvalue weighted by Crippen LogP contribution is 2.28. The minimum absolute atomic E-state index is 0.523. The summed E-state index contributed by atoms with van der Waals surface area (Å²) in [5, 5.41) is 0. The largest absolute Gasteiger partial charge is 0.356 e. The normalized spacial score (nSPS) is 17.5. The smallest absolute Gasteiger partial charge is 0.133 e. The van der Waals surface area contributed by atoms with Gasteiger partial charge in [0, 0.05) is 29.3 Å². The molecular formula is C13H18BrClN2. The summed E-state index contributed by atoms with van der Waals surface area (Å²) in [6.45, 7) is 4.50. The van der Waals surface area contributed by atoms with Gasteiger partial charge in [-0.1, -0.05) is 13.3 Å². The van der Waals surface area contributed by atoms with Gasteiger partial charge in [-0.2, -0.15) is 0 Å². The van der Waals surface area contributed by atoms with Crippen molar-refractivity contribution in [3.63, 3.8) is 0 Å². The molecule has 1 saturated heterocycles. The molecule has 1 aromatic rings. The van der Waals surface area contributed by atoms with Gasteiger partial charge in [-0.3, -0.25) is 0 Å². The van der Waals surface area contributed by atoms with Crippen molar-refractivity contribution in [3.8, 4) is 0 Å². The predicted octanol–water partition coefficient (Wildman–Crippen LogP) is 4.21. The number of nitrogens with zero attached hydrogens (tertiary/aromatic N) is 2. The molecule has 0 amide bonds. The Balaban J connectivity index is 2.12. The lowest BCUT2D eigenvalue weighted by Gasteiger charge is -2.33. The van der Waals surface area contributed by atoms with E-state index in [1.807, 2.05) is 6.20 Å². The molecule has 0 atom stereocenters. The summed E-state index contributed by atoms with van der Waals surface area (Å²) in [7, 11) is 0. The van der Waals surface area contributed by atoms with Crippen LogP contribution >= 0.6 is 27.5 Å². The van der Waals surface area contributed by atoms with Crippen LogP contribution in [0, 0.1) is 5.92 Å². The molecule has 0 saturated carbocycles. The van der Waals surface area contributed by atoms with Gasteiger partial charge >= 0.3 is 0 Å². The molecule has 1 aromatic heterocycles. The molecule has 0 bridgehead atoms. The lowest BCUT2D eigenvalue weighted by molar-refractivity contribution is 0.393. The number of hydrogen-bond acceptors (Lipinski definition) is 2. The molecule has 2 nitrogen and oxygen atoms in total. The molecule has 1 fully saturated rings. The Morgan fingerprint density at radius 1 is 1.47 bits per heavy atom. The van der Waals surface area contributed by atoms with Crippen LogP contribution in [0.25, 0.3) is 0 Å². The zero-order valence-corrected chi connectivity index (χ0v) is 12.5. The second-order valence-corrected chi connectivity index (χ2v) is 5.79. The van der Waals surface area contributed by atoms with Crippen LogP contribution in [0.3, 0.4) is 0 Å². The number of halogens is 2. The Morgan fingerprint density at radius 3 is 2.76 bits per heavy atom. The standard InChI is InChI=1S/C13H18BrClN2/c1-2-10-3-5-17(6-4-10)13-11(8-15)7-12(14)9-16-13/h7,9-10H,2-6,8H2,1H3. The monoisotopic (exact) mass is 316 g/mol. The van der Waals surface area contributed by atoms with E-state index in [0.717, 1.165) is 34.9 Å². The van der Waals surface area contributed by atoms with Crippen LogP contribution in [-0.4, -0.2) is 18.1 Å². The maximum absolute atomic E-state index is 5.99. The average Bonchev–Trinajstić information content (AvgIpc) is 2.39. The average molecular weight is 318 g/mol. The summed E-state index contributed by atoms with van der Waals surface area (Å²) in [4.78, 5) is 6.89. The molecule has 0 aromatic carbocycles. The zero-order valence-electron chi connectivity index (χ0n) is 10.1. The third kappa shape index (κ3) is 3.14. The maximum Gasteiger partial charge on any atom is 0.133 e. The van der Waals surface area contributed by atoms with Crippen molar-refractivity contribution < 1.29 is 0 Å². The third-order valence-electron chi connectivity index (χ3n) is 3.54. The number of rotatable bonds is 3. The van der Waals surface area contributed by atoms with Gasteiger partial charge in [-0.15, -0.1) is 11.6 Å². The van der Waals surface area contributed by atoms with E-state index >= 15 is 0 Å². The van der Waals surface area contributed by atoms with Gasteiger partial charge in [0.05, 0.1) is 5.88 Å². The van der Waals surface area contributed by atoms with E-state index in [9.17, 15) is 0 Å². The second kappa shape index (κ2) is 6.05. The van der Waals surface area contributed by atoms with E-state index in [2.05, 4.69) is 38.8 Å². The van der Waals surface area contributed by atoms with E-state index in [4.69, 9.17) is 11.6 Å². The van der Waals surface area contributed by atoms with Crippen LogP contribution in [-0.2, 0) is 5.88 Å². The summed E-state index contributed by atoms with van der Waals surface area (Å²) in [5.41, 5.74) is 1.12. The molecule has 2 heterocycles. The quantitative estimate of drug-likeness (QED) is 0.776. The van der Waals surface area contributed by atoms with Gasteiger partial charge in [-0.05, 0) is 40.8 Å². The summed E-state index contributed by atoms with van der Waals surface area (Å²) < 4.78 is 1.00. The summed E-state index contributed by atoms with van der Waals surface area (Å²) in [6.07, 6.45) is 5.70. The molecule has 0 unspecified atom stereocenters. The number of anilines is 1. The highest BCUT2D eigenvalue weighted by Gasteiger charge is 2.20. The first-order valence-corrected chi connectivity index (χ1v) is 7.52. The molecule has 2 rings (SSSR count). The molecule has 0 aliphatic carbocycles. The molecule has 1 aliphatic rings. The van der Waals surface area contributed by atoms with Crippen molar-refractivity contribution >= 4 is 33.3 Å².